The Morgan fingerprint density at radius 2 is 2.39 bits per heavy atom. The molecule has 3 heteroatoms. The zero-order valence-corrected chi connectivity index (χ0v) is 11.3. The van der Waals surface area contributed by atoms with E-state index in [1.807, 2.05) is 6.07 Å². The first-order valence-corrected chi connectivity index (χ1v) is 7.33. The lowest BCUT2D eigenvalue weighted by molar-refractivity contribution is 0.192. The second-order valence-electron chi connectivity index (χ2n) is 5.88. The number of nitrogens with zero attached hydrogens (tertiary/aromatic N) is 1. The van der Waals surface area contributed by atoms with Gasteiger partial charge in [0.05, 0.1) is 6.26 Å². The Balaban J connectivity index is 1.58. The summed E-state index contributed by atoms with van der Waals surface area (Å²) in [6.45, 7) is 5.95. The Bertz CT molecular complexity index is 359. The molecule has 2 heterocycles. The second kappa shape index (κ2) is 5.45. The SMILES string of the molecule is CC(Cc1ccco1)N1CCCNC(C2CC2)C1. The third-order valence-electron chi connectivity index (χ3n) is 4.35. The quantitative estimate of drug-likeness (QED) is 0.886. The van der Waals surface area contributed by atoms with Gasteiger partial charge < -0.3 is 9.73 Å². The maximum Gasteiger partial charge on any atom is 0.105 e. The van der Waals surface area contributed by atoms with Crippen LogP contribution in [0, 0.1) is 5.92 Å². The summed E-state index contributed by atoms with van der Waals surface area (Å²) in [6, 6.07) is 5.38. The van der Waals surface area contributed by atoms with Gasteiger partial charge in [-0.2, -0.15) is 0 Å². The first-order chi connectivity index (χ1) is 8.83. The van der Waals surface area contributed by atoms with Gasteiger partial charge in [-0.05, 0) is 57.3 Å². The smallest absolute Gasteiger partial charge is 0.105 e. The van der Waals surface area contributed by atoms with Gasteiger partial charge in [0.15, 0.2) is 0 Å². The molecular weight excluding hydrogens is 224 g/mol. The van der Waals surface area contributed by atoms with Crippen LogP contribution < -0.4 is 5.32 Å². The van der Waals surface area contributed by atoms with E-state index >= 15 is 0 Å². The molecule has 1 aromatic heterocycles. The molecule has 0 radical (unpaired) electrons. The third-order valence-corrected chi connectivity index (χ3v) is 4.35. The summed E-state index contributed by atoms with van der Waals surface area (Å²) in [5.41, 5.74) is 0. The van der Waals surface area contributed by atoms with Crippen molar-refractivity contribution in [2.24, 2.45) is 5.92 Å². The summed E-state index contributed by atoms with van der Waals surface area (Å²) >= 11 is 0. The van der Waals surface area contributed by atoms with Crippen LogP contribution in [-0.2, 0) is 6.42 Å². The Labute approximate surface area is 110 Å². The molecule has 100 valence electrons. The van der Waals surface area contributed by atoms with Crippen molar-refractivity contribution in [3.05, 3.63) is 24.2 Å². The van der Waals surface area contributed by atoms with E-state index in [1.165, 1.54) is 38.9 Å². The molecular formula is C15H24N2O. The molecule has 0 aromatic carbocycles. The molecule has 1 aliphatic heterocycles. The highest BCUT2D eigenvalue weighted by atomic mass is 16.3. The van der Waals surface area contributed by atoms with Gasteiger partial charge in [0.2, 0.25) is 0 Å². The normalized spacial score (nSPS) is 27.9. The van der Waals surface area contributed by atoms with Crippen molar-refractivity contribution < 1.29 is 4.42 Å². The zero-order chi connectivity index (χ0) is 12.4. The zero-order valence-electron chi connectivity index (χ0n) is 11.3. The summed E-state index contributed by atoms with van der Waals surface area (Å²) in [6.07, 6.45) is 6.94. The third kappa shape index (κ3) is 2.96. The van der Waals surface area contributed by atoms with Crippen molar-refractivity contribution in [2.45, 2.75) is 44.7 Å². The molecule has 1 saturated heterocycles. The molecule has 2 aliphatic rings. The van der Waals surface area contributed by atoms with Crippen LogP contribution in [0.1, 0.15) is 31.9 Å². The van der Waals surface area contributed by atoms with E-state index in [0.29, 0.717) is 6.04 Å². The highest BCUT2D eigenvalue weighted by Crippen LogP contribution is 2.33. The maximum absolute atomic E-state index is 5.47. The van der Waals surface area contributed by atoms with Gasteiger partial charge in [0.1, 0.15) is 5.76 Å². The van der Waals surface area contributed by atoms with Crippen LogP contribution >= 0.6 is 0 Å². The van der Waals surface area contributed by atoms with Crippen LogP contribution in [0.2, 0.25) is 0 Å². The van der Waals surface area contributed by atoms with Gasteiger partial charge in [0, 0.05) is 25.0 Å². The van der Waals surface area contributed by atoms with E-state index in [4.69, 9.17) is 4.42 Å². The minimum atomic E-state index is 0.581. The Morgan fingerprint density at radius 3 is 3.11 bits per heavy atom. The van der Waals surface area contributed by atoms with Crippen LogP contribution in [0.4, 0.5) is 0 Å². The largest absolute Gasteiger partial charge is 0.469 e. The fourth-order valence-electron chi connectivity index (χ4n) is 3.04. The van der Waals surface area contributed by atoms with Crippen LogP contribution in [0.5, 0.6) is 0 Å². The van der Waals surface area contributed by atoms with Crippen molar-refractivity contribution in [2.75, 3.05) is 19.6 Å². The van der Waals surface area contributed by atoms with Gasteiger partial charge in [-0.3, -0.25) is 4.90 Å². The minimum Gasteiger partial charge on any atom is -0.469 e. The molecule has 2 atom stereocenters. The summed E-state index contributed by atoms with van der Waals surface area (Å²) < 4.78 is 5.47. The molecule has 1 aromatic rings. The molecule has 1 aliphatic carbocycles. The lowest BCUT2D eigenvalue weighted by atomic mass is 10.1. The van der Waals surface area contributed by atoms with Crippen molar-refractivity contribution in [1.29, 1.82) is 0 Å². The lowest BCUT2D eigenvalue weighted by Gasteiger charge is -2.29. The van der Waals surface area contributed by atoms with Gasteiger partial charge in [-0.15, -0.1) is 0 Å². The van der Waals surface area contributed by atoms with Crippen LogP contribution in [0.3, 0.4) is 0 Å². The molecule has 3 rings (SSSR count). The van der Waals surface area contributed by atoms with E-state index < -0.39 is 0 Å². The molecule has 18 heavy (non-hydrogen) atoms. The second-order valence-corrected chi connectivity index (χ2v) is 5.88. The number of rotatable bonds is 4. The fraction of sp³-hybridized carbons (Fsp3) is 0.733. The maximum atomic E-state index is 5.47. The molecule has 0 spiro atoms. The predicted octanol–water partition coefficient (Wildman–Crippen LogP) is 2.28. The van der Waals surface area contributed by atoms with Crippen LogP contribution in [-0.4, -0.2) is 36.6 Å². The highest BCUT2D eigenvalue weighted by Gasteiger charge is 2.34. The monoisotopic (exact) mass is 248 g/mol. The minimum absolute atomic E-state index is 0.581. The number of nitrogens with one attached hydrogen (secondary N) is 1. The number of furan rings is 1. The summed E-state index contributed by atoms with van der Waals surface area (Å²) in [7, 11) is 0. The first-order valence-electron chi connectivity index (χ1n) is 7.33. The summed E-state index contributed by atoms with van der Waals surface area (Å²) in [5.74, 6) is 2.06. The lowest BCUT2D eigenvalue weighted by Crippen LogP contribution is -2.43. The van der Waals surface area contributed by atoms with Gasteiger partial charge in [0.25, 0.3) is 0 Å². The van der Waals surface area contributed by atoms with Crippen LogP contribution in [0.15, 0.2) is 22.8 Å². The van der Waals surface area contributed by atoms with Crippen LogP contribution in [0.25, 0.3) is 0 Å². The Hall–Kier alpha value is -0.800. The first kappa shape index (κ1) is 12.2. The van der Waals surface area contributed by atoms with Crippen molar-refractivity contribution in [3.8, 4) is 0 Å². The molecule has 0 bridgehead atoms. The molecule has 0 amide bonds. The van der Waals surface area contributed by atoms with Crippen molar-refractivity contribution >= 4 is 0 Å². The average molecular weight is 248 g/mol. The molecule has 1 N–H and O–H groups in total. The van der Waals surface area contributed by atoms with Crippen molar-refractivity contribution in [3.63, 3.8) is 0 Å². The fourth-order valence-corrected chi connectivity index (χ4v) is 3.04. The van der Waals surface area contributed by atoms with Gasteiger partial charge in [-0.1, -0.05) is 0 Å². The summed E-state index contributed by atoms with van der Waals surface area (Å²) in [5, 5.41) is 3.72. The molecule has 1 saturated carbocycles. The number of hydrogen-bond acceptors (Lipinski definition) is 3. The van der Waals surface area contributed by atoms with Gasteiger partial charge in [-0.25, -0.2) is 0 Å². The standard InChI is InChI=1S/C15H24N2O/c1-12(10-14-4-2-9-18-14)17-8-3-7-16-15(11-17)13-5-6-13/h2,4,9,12-13,15-16H,3,5-8,10-11H2,1H3. The molecule has 2 unspecified atom stereocenters. The van der Waals surface area contributed by atoms with E-state index in [2.05, 4.69) is 23.2 Å². The van der Waals surface area contributed by atoms with E-state index in [-0.39, 0.29) is 0 Å². The highest BCUT2D eigenvalue weighted by molar-refractivity contribution is 5.01. The predicted molar refractivity (Wildman–Crippen MR) is 72.6 cm³/mol. The topological polar surface area (TPSA) is 28.4 Å². The molecule has 2 fully saturated rings. The van der Waals surface area contributed by atoms with E-state index in [9.17, 15) is 0 Å². The summed E-state index contributed by atoms with van der Waals surface area (Å²) in [4.78, 5) is 2.64. The number of hydrogen-bond donors (Lipinski definition) is 1. The van der Waals surface area contributed by atoms with E-state index in [1.54, 1.807) is 6.26 Å². The Kier molecular flexibility index (Phi) is 3.71. The van der Waals surface area contributed by atoms with E-state index in [0.717, 1.165) is 24.1 Å². The average Bonchev–Trinajstić information content (AvgIpc) is 3.13. The van der Waals surface area contributed by atoms with Gasteiger partial charge >= 0.3 is 0 Å². The molecule has 3 nitrogen and oxygen atoms in total. The van der Waals surface area contributed by atoms with Crippen molar-refractivity contribution in [1.82, 2.24) is 10.2 Å². The Morgan fingerprint density at radius 1 is 1.50 bits per heavy atom.